The molecule has 1 aromatic heterocycles. The van der Waals surface area contributed by atoms with Gasteiger partial charge in [0.25, 0.3) is 5.91 Å². The molecule has 0 unspecified atom stereocenters. The number of carbonyl (C=O) groups excluding carboxylic acids is 1. The zero-order valence-corrected chi connectivity index (χ0v) is 13.2. The van der Waals surface area contributed by atoms with Crippen molar-refractivity contribution in [3.05, 3.63) is 57.3 Å². The van der Waals surface area contributed by atoms with Crippen molar-refractivity contribution >= 4 is 11.7 Å². The highest BCUT2D eigenvalue weighted by atomic mass is 16.6. The number of aromatic nitrogens is 2. The normalized spacial score (nSPS) is 12.2. The molecule has 2 N–H and O–H groups in total. The molecular formula is C15H19N5O3. The van der Waals surface area contributed by atoms with Crippen molar-refractivity contribution in [3.8, 4) is 0 Å². The first-order valence-corrected chi connectivity index (χ1v) is 7.09. The number of hydrogen-bond donors (Lipinski definition) is 2. The summed E-state index contributed by atoms with van der Waals surface area (Å²) in [6.45, 7) is 2.34. The maximum absolute atomic E-state index is 12.1. The Balaban J connectivity index is 2.10. The number of carbonyl (C=O) groups is 1. The summed E-state index contributed by atoms with van der Waals surface area (Å²) in [6.07, 6.45) is 1.16. The summed E-state index contributed by atoms with van der Waals surface area (Å²) in [5.74, 6) is -0.927. The van der Waals surface area contributed by atoms with E-state index in [0.717, 1.165) is 17.3 Å². The second kappa shape index (κ2) is 7.01. The second-order valence-electron chi connectivity index (χ2n) is 5.49. The predicted octanol–water partition coefficient (Wildman–Crippen LogP) is 1.66. The fraction of sp³-hybridized carbons (Fsp3) is 0.333. The molecule has 2 rings (SSSR count). The van der Waals surface area contributed by atoms with Crippen LogP contribution in [-0.4, -0.2) is 46.6 Å². The highest BCUT2D eigenvalue weighted by Crippen LogP contribution is 2.19. The molecule has 0 bridgehead atoms. The Morgan fingerprint density at radius 1 is 1.39 bits per heavy atom. The van der Waals surface area contributed by atoms with Crippen LogP contribution in [-0.2, 0) is 0 Å². The van der Waals surface area contributed by atoms with E-state index < -0.39 is 16.6 Å². The number of rotatable bonds is 6. The molecule has 0 saturated carbocycles. The van der Waals surface area contributed by atoms with Crippen LogP contribution in [0.25, 0.3) is 0 Å². The number of hydrogen-bond acceptors (Lipinski definition) is 5. The molecule has 0 saturated heterocycles. The summed E-state index contributed by atoms with van der Waals surface area (Å²) in [6, 6.07) is 7.99. The molecular weight excluding hydrogens is 298 g/mol. The van der Waals surface area contributed by atoms with Gasteiger partial charge in [0.2, 0.25) is 0 Å². The Morgan fingerprint density at radius 2 is 2.04 bits per heavy atom. The summed E-state index contributed by atoms with van der Waals surface area (Å²) in [4.78, 5) is 24.3. The Hall–Kier alpha value is -2.74. The Bertz CT molecular complexity index is 693. The van der Waals surface area contributed by atoms with Crippen LogP contribution in [0.3, 0.4) is 0 Å². The van der Waals surface area contributed by atoms with Crippen LogP contribution in [0.5, 0.6) is 0 Å². The standard InChI is InChI=1S/C15H19N5O3/c1-10-4-6-11(7-5-10)13(19(2)3)9-16-15(21)12-8-17-18-14(12)20(22)23/h4-8,13H,9H2,1-3H3,(H,16,21)(H,17,18)/t13-/m1/s1. The number of nitro groups is 1. The van der Waals surface area contributed by atoms with Crippen molar-refractivity contribution < 1.29 is 9.72 Å². The van der Waals surface area contributed by atoms with Crippen molar-refractivity contribution in [1.82, 2.24) is 20.4 Å². The third kappa shape index (κ3) is 3.92. The van der Waals surface area contributed by atoms with Gasteiger partial charge in [-0.05, 0) is 31.5 Å². The molecule has 0 fully saturated rings. The predicted molar refractivity (Wildman–Crippen MR) is 85.2 cm³/mol. The molecule has 122 valence electrons. The number of nitrogens with one attached hydrogen (secondary N) is 2. The SMILES string of the molecule is Cc1ccc([C@@H](CNC(=O)c2cn[nH]c2[N+](=O)[O-])N(C)C)cc1. The Kier molecular flexibility index (Phi) is 5.07. The lowest BCUT2D eigenvalue weighted by atomic mass is 10.0. The molecule has 0 radical (unpaired) electrons. The van der Waals surface area contributed by atoms with Gasteiger partial charge in [-0.25, -0.2) is 0 Å². The smallest absolute Gasteiger partial charge is 0.355 e. The van der Waals surface area contributed by atoms with Crippen LogP contribution in [0.4, 0.5) is 5.82 Å². The molecule has 1 atom stereocenters. The van der Waals surface area contributed by atoms with E-state index in [4.69, 9.17) is 0 Å². The van der Waals surface area contributed by atoms with E-state index in [-0.39, 0.29) is 11.6 Å². The van der Waals surface area contributed by atoms with Gasteiger partial charge in [-0.3, -0.25) is 4.79 Å². The van der Waals surface area contributed by atoms with E-state index in [1.165, 1.54) is 0 Å². The summed E-state index contributed by atoms with van der Waals surface area (Å²) >= 11 is 0. The minimum Gasteiger partial charge on any atom is -0.358 e. The topological polar surface area (TPSA) is 104 Å². The van der Waals surface area contributed by atoms with Crippen molar-refractivity contribution in [3.63, 3.8) is 0 Å². The number of H-pyrrole nitrogens is 1. The highest BCUT2D eigenvalue weighted by molar-refractivity contribution is 5.97. The summed E-state index contributed by atoms with van der Waals surface area (Å²) in [5, 5.41) is 19.3. The quantitative estimate of drug-likeness (QED) is 0.623. The number of aryl methyl sites for hydroxylation is 1. The van der Waals surface area contributed by atoms with Crippen molar-refractivity contribution in [1.29, 1.82) is 0 Å². The third-order valence-corrected chi connectivity index (χ3v) is 3.59. The van der Waals surface area contributed by atoms with E-state index in [0.29, 0.717) is 6.54 Å². The monoisotopic (exact) mass is 317 g/mol. The van der Waals surface area contributed by atoms with Crippen molar-refractivity contribution in [2.45, 2.75) is 13.0 Å². The lowest BCUT2D eigenvalue weighted by molar-refractivity contribution is -0.389. The zero-order chi connectivity index (χ0) is 17.0. The van der Waals surface area contributed by atoms with E-state index in [2.05, 4.69) is 15.5 Å². The summed E-state index contributed by atoms with van der Waals surface area (Å²) in [5.41, 5.74) is 2.14. The van der Waals surface area contributed by atoms with Gasteiger partial charge in [-0.1, -0.05) is 34.9 Å². The molecule has 8 heteroatoms. The maximum atomic E-state index is 12.1. The Morgan fingerprint density at radius 3 is 2.61 bits per heavy atom. The van der Waals surface area contributed by atoms with Gasteiger partial charge >= 0.3 is 5.82 Å². The summed E-state index contributed by atoms with van der Waals surface area (Å²) < 4.78 is 0. The van der Waals surface area contributed by atoms with Crippen LogP contribution < -0.4 is 5.32 Å². The molecule has 1 heterocycles. The molecule has 1 amide bonds. The molecule has 2 aromatic rings. The minimum atomic E-state index is -0.661. The van der Waals surface area contributed by atoms with E-state index in [9.17, 15) is 14.9 Å². The second-order valence-corrected chi connectivity index (χ2v) is 5.49. The summed E-state index contributed by atoms with van der Waals surface area (Å²) in [7, 11) is 3.83. The molecule has 0 spiro atoms. The van der Waals surface area contributed by atoms with Gasteiger partial charge in [0, 0.05) is 6.54 Å². The van der Waals surface area contributed by atoms with Crippen LogP contribution in [0.1, 0.15) is 27.5 Å². The molecule has 8 nitrogen and oxygen atoms in total. The average molecular weight is 317 g/mol. The van der Waals surface area contributed by atoms with E-state index in [1.807, 2.05) is 50.2 Å². The van der Waals surface area contributed by atoms with Crippen LogP contribution >= 0.6 is 0 Å². The largest absolute Gasteiger partial charge is 0.358 e. The highest BCUT2D eigenvalue weighted by Gasteiger charge is 2.23. The first kappa shape index (κ1) is 16.6. The fourth-order valence-electron chi connectivity index (χ4n) is 2.26. The molecule has 23 heavy (non-hydrogen) atoms. The van der Waals surface area contributed by atoms with Gasteiger partial charge in [-0.2, -0.15) is 0 Å². The zero-order valence-electron chi connectivity index (χ0n) is 13.2. The average Bonchev–Trinajstić information content (AvgIpc) is 2.98. The Labute approximate surface area is 133 Å². The van der Waals surface area contributed by atoms with Crippen LogP contribution in [0, 0.1) is 17.0 Å². The number of amides is 1. The van der Waals surface area contributed by atoms with Crippen LogP contribution in [0.2, 0.25) is 0 Å². The van der Waals surface area contributed by atoms with Gasteiger partial charge in [0.05, 0.1) is 12.2 Å². The molecule has 0 aliphatic heterocycles. The lowest BCUT2D eigenvalue weighted by Gasteiger charge is -2.25. The fourth-order valence-corrected chi connectivity index (χ4v) is 2.26. The number of nitrogens with zero attached hydrogens (tertiary/aromatic N) is 3. The van der Waals surface area contributed by atoms with E-state index >= 15 is 0 Å². The first-order valence-electron chi connectivity index (χ1n) is 7.09. The van der Waals surface area contributed by atoms with Gasteiger partial charge in [0.1, 0.15) is 0 Å². The van der Waals surface area contributed by atoms with Crippen molar-refractivity contribution in [2.75, 3.05) is 20.6 Å². The third-order valence-electron chi connectivity index (χ3n) is 3.59. The van der Waals surface area contributed by atoms with Crippen molar-refractivity contribution in [2.24, 2.45) is 0 Å². The number of likely N-dealkylation sites (N-methyl/N-ethyl adjacent to an activating group) is 1. The number of benzene rings is 1. The first-order chi connectivity index (χ1) is 10.9. The number of aromatic amines is 1. The van der Waals surface area contributed by atoms with E-state index in [1.54, 1.807) is 0 Å². The van der Waals surface area contributed by atoms with Gasteiger partial charge in [-0.15, -0.1) is 5.10 Å². The van der Waals surface area contributed by atoms with Gasteiger partial charge in [0.15, 0.2) is 5.56 Å². The molecule has 1 aromatic carbocycles. The maximum Gasteiger partial charge on any atom is 0.355 e. The van der Waals surface area contributed by atoms with Crippen LogP contribution in [0.15, 0.2) is 30.5 Å². The molecule has 0 aliphatic carbocycles. The van der Waals surface area contributed by atoms with Gasteiger partial charge < -0.3 is 20.3 Å². The molecule has 0 aliphatic rings. The minimum absolute atomic E-state index is 0.0366. The lowest BCUT2D eigenvalue weighted by Crippen LogP contribution is -2.34.